The minimum absolute atomic E-state index is 0.00245. The van der Waals surface area contributed by atoms with Crippen molar-refractivity contribution in [2.24, 2.45) is 0 Å². The Labute approximate surface area is 148 Å². The van der Waals surface area contributed by atoms with Crippen LogP contribution in [0.5, 0.6) is 6.01 Å². The predicted octanol–water partition coefficient (Wildman–Crippen LogP) is 2.92. The number of carbonyl (C=O) groups excluding carboxylic acids is 1. The van der Waals surface area contributed by atoms with E-state index in [4.69, 9.17) is 4.74 Å². The molecular formula is C17H17F2N3O2S. The first-order valence-electron chi connectivity index (χ1n) is 7.90. The molecule has 5 nitrogen and oxygen atoms in total. The number of ether oxygens (including phenoxy) is 1. The molecule has 3 rings (SSSR count). The van der Waals surface area contributed by atoms with Crippen LogP contribution in [0.4, 0.5) is 8.78 Å². The van der Waals surface area contributed by atoms with Crippen molar-refractivity contribution in [3.8, 4) is 6.01 Å². The molecule has 0 spiro atoms. The third kappa shape index (κ3) is 5.12. The molecule has 0 radical (unpaired) electrons. The summed E-state index contributed by atoms with van der Waals surface area (Å²) in [6.07, 6.45) is 3.49. The Morgan fingerprint density at radius 2 is 1.92 bits per heavy atom. The molecule has 1 atom stereocenters. The molecule has 1 fully saturated rings. The molecule has 1 amide bonds. The van der Waals surface area contributed by atoms with Gasteiger partial charge in [-0.25, -0.2) is 18.7 Å². The Morgan fingerprint density at radius 1 is 1.20 bits per heavy atom. The Bertz CT molecular complexity index is 713. The van der Waals surface area contributed by atoms with Crippen LogP contribution in [0.2, 0.25) is 0 Å². The van der Waals surface area contributed by atoms with Gasteiger partial charge in [0.2, 0.25) is 5.91 Å². The number of carbonyl (C=O) groups is 1. The number of aromatic nitrogens is 2. The standard InChI is InChI=1S/C17H17F2N3O2S/c18-12-3-5-15(6-4-12)25-11-16(23)22-7-1-2-14(10-22)24-17-20-8-13(19)9-21-17/h3-6,8-9,14H,1-2,7,10-11H2. The van der Waals surface area contributed by atoms with Crippen molar-refractivity contribution in [2.45, 2.75) is 23.8 Å². The van der Waals surface area contributed by atoms with Crippen LogP contribution in [0.15, 0.2) is 41.6 Å². The average molecular weight is 365 g/mol. The van der Waals surface area contributed by atoms with E-state index in [1.54, 1.807) is 17.0 Å². The van der Waals surface area contributed by atoms with E-state index < -0.39 is 5.82 Å². The molecule has 1 unspecified atom stereocenters. The first-order valence-corrected chi connectivity index (χ1v) is 8.89. The van der Waals surface area contributed by atoms with Crippen molar-refractivity contribution < 1.29 is 18.3 Å². The van der Waals surface area contributed by atoms with Crippen molar-refractivity contribution in [1.29, 1.82) is 0 Å². The van der Waals surface area contributed by atoms with Crippen LogP contribution >= 0.6 is 11.8 Å². The molecule has 2 heterocycles. The predicted molar refractivity (Wildman–Crippen MR) is 89.3 cm³/mol. The number of hydrogen-bond donors (Lipinski definition) is 0. The zero-order valence-electron chi connectivity index (χ0n) is 13.4. The monoisotopic (exact) mass is 365 g/mol. The summed E-state index contributed by atoms with van der Waals surface area (Å²) in [6, 6.07) is 6.17. The summed E-state index contributed by atoms with van der Waals surface area (Å²) >= 11 is 1.37. The SMILES string of the molecule is O=C(CSc1ccc(F)cc1)N1CCCC(Oc2ncc(F)cn2)C1. The number of hydrogen-bond acceptors (Lipinski definition) is 5. The minimum atomic E-state index is -0.523. The summed E-state index contributed by atoms with van der Waals surface area (Å²) in [5.41, 5.74) is 0. The van der Waals surface area contributed by atoms with E-state index >= 15 is 0 Å². The van der Waals surface area contributed by atoms with E-state index in [2.05, 4.69) is 9.97 Å². The van der Waals surface area contributed by atoms with Crippen LogP contribution in [-0.4, -0.2) is 45.7 Å². The van der Waals surface area contributed by atoms with E-state index in [9.17, 15) is 13.6 Å². The summed E-state index contributed by atoms with van der Waals surface area (Å²) in [5.74, 6) is -0.534. The van der Waals surface area contributed by atoms with Crippen LogP contribution in [0.3, 0.4) is 0 Å². The van der Waals surface area contributed by atoms with Gasteiger partial charge in [-0.05, 0) is 37.1 Å². The zero-order chi connectivity index (χ0) is 17.6. The number of benzene rings is 1. The Morgan fingerprint density at radius 3 is 2.64 bits per heavy atom. The third-order valence-electron chi connectivity index (χ3n) is 3.78. The van der Waals surface area contributed by atoms with Crippen molar-refractivity contribution >= 4 is 17.7 Å². The summed E-state index contributed by atoms with van der Waals surface area (Å²) in [4.78, 5) is 22.5. The fourth-order valence-electron chi connectivity index (χ4n) is 2.54. The molecule has 25 heavy (non-hydrogen) atoms. The van der Waals surface area contributed by atoms with Gasteiger partial charge in [-0.3, -0.25) is 4.79 Å². The van der Waals surface area contributed by atoms with Gasteiger partial charge in [-0.2, -0.15) is 0 Å². The van der Waals surface area contributed by atoms with Crippen LogP contribution in [0.1, 0.15) is 12.8 Å². The van der Waals surface area contributed by atoms with Gasteiger partial charge in [0.25, 0.3) is 0 Å². The molecule has 1 aromatic carbocycles. The lowest BCUT2D eigenvalue weighted by atomic mass is 10.1. The van der Waals surface area contributed by atoms with Gasteiger partial charge in [0.05, 0.1) is 24.7 Å². The number of nitrogens with zero attached hydrogens (tertiary/aromatic N) is 3. The highest BCUT2D eigenvalue weighted by molar-refractivity contribution is 8.00. The number of halogens is 2. The second kappa shape index (κ2) is 8.24. The zero-order valence-corrected chi connectivity index (χ0v) is 14.2. The molecule has 0 bridgehead atoms. The van der Waals surface area contributed by atoms with Gasteiger partial charge >= 0.3 is 6.01 Å². The molecular weight excluding hydrogens is 348 g/mol. The van der Waals surface area contributed by atoms with E-state index in [-0.39, 0.29) is 29.6 Å². The molecule has 1 aromatic heterocycles. The van der Waals surface area contributed by atoms with Crippen molar-refractivity contribution in [2.75, 3.05) is 18.8 Å². The van der Waals surface area contributed by atoms with Gasteiger partial charge in [0, 0.05) is 11.4 Å². The highest BCUT2D eigenvalue weighted by Crippen LogP contribution is 2.21. The topological polar surface area (TPSA) is 55.3 Å². The molecule has 132 valence electrons. The van der Waals surface area contributed by atoms with E-state index in [0.717, 1.165) is 30.1 Å². The van der Waals surface area contributed by atoms with E-state index in [0.29, 0.717) is 13.1 Å². The summed E-state index contributed by atoms with van der Waals surface area (Å²) < 4.78 is 31.3. The summed E-state index contributed by atoms with van der Waals surface area (Å²) in [6.45, 7) is 1.12. The van der Waals surface area contributed by atoms with Crippen LogP contribution < -0.4 is 4.74 Å². The molecule has 8 heteroatoms. The van der Waals surface area contributed by atoms with Crippen LogP contribution in [0.25, 0.3) is 0 Å². The molecule has 2 aromatic rings. The molecule has 1 aliphatic heterocycles. The van der Waals surface area contributed by atoms with Gasteiger partial charge in [0.1, 0.15) is 11.9 Å². The summed E-state index contributed by atoms with van der Waals surface area (Å²) in [5, 5.41) is 0. The maximum Gasteiger partial charge on any atom is 0.316 e. The normalized spacial score (nSPS) is 17.4. The van der Waals surface area contributed by atoms with E-state index in [1.165, 1.54) is 23.9 Å². The first-order chi connectivity index (χ1) is 12.1. The highest BCUT2D eigenvalue weighted by atomic mass is 32.2. The molecule has 1 saturated heterocycles. The lowest BCUT2D eigenvalue weighted by Crippen LogP contribution is -2.45. The second-order valence-electron chi connectivity index (χ2n) is 5.65. The number of amides is 1. The maximum absolute atomic E-state index is 12.9. The van der Waals surface area contributed by atoms with Crippen molar-refractivity contribution in [3.63, 3.8) is 0 Å². The first kappa shape index (κ1) is 17.6. The summed E-state index contributed by atoms with van der Waals surface area (Å²) in [7, 11) is 0. The maximum atomic E-state index is 12.9. The fraction of sp³-hybridized carbons (Fsp3) is 0.353. The highest BCUT2D eigenvalue weighted by Gasteiger charge is 2.25. The molecule has 0 aliphatic carbocycles. The number of rotatable bonds is 5. The molecule has 0 N–H and O–H groups in total. The lowest BCUT2D eigenvalue weighted by molar-refractivity contribution is -0.131. The minimum Gasteiger partial charge on any atom is -0.458 e. The Hall–Kier alpha value is -2.22. The van der Waals surface area contributed by atoms with E-state index in [1.807, 2.05) is 0 Å². The smallest absolute Gasteiger partial charge is 0.316 e. The fourth-order valence-corrected chi connectivity index (χ4v) is 3.34. The van der Waals surface area contributed by atoms with Crippen molar-refractivity contribution in [3.05, 3.63) is 48.3 Å². The number of thioether (sulfide) groups is 1. The molecule has 1 aliphatic rings. The quantitative estimate of drug-likeness (QED) is 0.763. The van der Waals surface area contributed by atoms with Gasteiger partial charge in [0.15, 0.2) is 5.82 Å². The van der Waals surface area contributed by atoms with Crippen LogP contribution in [-0.2, 0) is 4.79 Å². The van der Waals surface area contributed by atoms with Gasteiger partial charge in [-0.1, -0.05) is 0 Å². The largest absolute Gasteiger partial charge is 0.458 e. The second-order valence-corrected chi connectivity index (χ2v) is 6.70. The van der Waals surface area contributed by atoms with Crippen LogP contribution in [0, 0.1) is 11.6 Å². The third-order valence-corrected chi connectivity index (χ3v) is 4.77. The molecule has 0 saturated carbocycles. The lowest BCUT2D eigenvalue weighted by Gasteiger charge is -2.32. The average Bonchev–Trinajstić information content (AvgIpc) is 2.63. The van der Waals surface area contributed by atoms with Gasteiger partial charge < -0.3 is 9.64 Å². The Balaban J connectivity index is 1.50. The van der Waals surface area contributed by atoms with Crippen molar-refractivity contribution in [1.82, 2.24) is 14.9 Å². The number of piperidine rings is 1. The Kier molecular flexibility index (Phi) is 5.80. The number of likely N-dealkylation sites (tertiary alicyclic amines) is 1. The van der Waals surface area contributed by atoms with Gasteiger partial charge in [-0.15, -0.1) is 11.8 Å².